The molecule has 0 aliphatic carbocycles. The molecule has 0 bridgehead atoms. The van der Waals surface area contributed by atoms with E-state index in [-0.39, 0.29) is 24.2 Å². The molecule has 84 valence electrons. The maximum atomic E-state index is 11.7. The SMILES string of the molecule is Cc1cncc(NC(=O)C2CNC(=O)C2)c1. The van der Waals surface area contributed by atoms with Crippen LogP contribution in [0.5, 0.6) is 0 Å². The summed E-state index contributed by atoms with van der Waals surface area (Å²) in [5.41, 5.74) is 1.66. The Bertz CT molecular complexity index is 431. The first-order valence-electron chi connectivity index (χ1n) is 5.14. The number of rotatable bonds is 2. The molecule has 1 unspecified atom stereocenters. The lowest BCUT2D eigenvalue weighted by Gasteiger charge is -2.08. The number of anilines is 1. The maximum Gasteiger partial charge on any atom is 0.229 e. The van der Waals surface area contributed by atoms with Crippen LogP contribution in [0.3, 0.4) is 0 Å². The van der Waals surface area contributed by atoms with Gasteiger partial charge in [-0.15, -0.1) is 0 Å². The number of aromatic nitrogens is 1. The average molecular weight is 219 g/mol. The molecule has 2 amide bonds. The maximum absolute atomic E-state index is 11.7. The highest BCUT2D eigenvalue weighted by Gasteiger charge is 2.27. The molecule has 0 saturated carbocycles. The number of carbonyl (C=O) groups is 2. The molecular weight excluding hydrogens is 206 g/mol. The van der Waals surface area contributed by atoms with Crippen molar-refractivity contribution in [2.75, 3.05) is 11.9 Å². The Kier molecular flexibility index (Phi) is 2.85. The topological polar surface area (TPSA) is 71.1 Å². The van der Waals surface area contributed by atoms with Crippen molar-refractivity contribution in [3.63, 3.8) is 0 Å². The van der Waals surface area contributed by atoms with Crippen LogP contribution in [0.2, 0.25) is 0 Å². The van der Waals surface area contributed by atoms with Gasteiger partial charge in [0, 0.05) is 19.2 Å². The lowest BCUT2D eigenvalue weighted by atomic mass is 10.1. The number of pyridine rings is 1. The molecule has 2 rings (SSSR count). The molecular formula is C11H13N3O2. The lowest BCUT2D eigenvalue weighted by Crippen LogP contribution is -2.24. The Morgan fingerprint density at radius 3 is 3.00 bits per heavy atom. The van der Waals surface area contributed by atoms with E-state index in [1.54, 1.807) is 12.4 Å². The second-order valence-electron chi connectivity index (χ2n) is 3.95. The normalized spacial score (nSPS) is 19.3. The fraction of sp³-hybridized carbons (Fsp3) is 0.364. The van der Waals surface area contributed by atoms with E-state index in [0.29, 0.717) is 12.2 Å². The van der Waals surface area contributed by atoms with E-state index >= 15 is 0 Å². The lowest BCUT2D eigenvalue weighted by molar-refractivity contribution is -0.123. The quantitative estimate of drug-likeness (QED) is 0.759. The molecule has 1 aliphatic rings. The zero-order chi connectivity index (χ0) is 11.5. The van der Waals surface area contributed by atoms with Gasteiger partial charge in [0.15, 0.2) is 0 Å². The summed E-state index contributed by atoms with van der Waals surface area (Å²) < 4.78 is 0. The predicted octanol–water partition coefficient (Wildman–Crippen LogP) is 0.465. The first-order valence-corrected chi connectivity index (χ1v) is 5.14. The van der Waals surface area contributed by atoms with Gasteiger partial charge in [-0.05, 0) is 18.6 Å². The van der Waals surface area contributed by atoms with E-state index in [0.717, 1.165) is 5.56 Å². The van der Waals surface area contributed by atoms with Gasteiger partial charge >= 0.3 is 0 Å². The minimum absolute atomic E-state index is 0.0671. The number of hydrogen-bond acceptors (Lipinski definition) is 3. The van der Waals surface area contributed by atoms with Crippen molar-refractivity contribution < 1.29 is 9.59 Å². The largest absolute Gasteiger partial charge is 0.355 e. The molecule has 5 nitrogen and oxygen atoms in total. The predicted molar refractivity (Wildman–Crippen MR) is 58.7 cm³/mol. The van der Waals surface area contributed by atoms with Crippen LogP contribution in [-0.4, -0.2) is 23.3 Å². The van der Waals surface area contributed by atoms with Crippen LogP contribution in [0.15, 0.2) is 18.5 Å². The highest BCUT2D eigenvalue weighted by atomic mass is 16.2. The first kappa shape index (κ1) is 10.6. The van der Waals surface area contributed by atoms with E-state index in [9.17, 15) is 9.59 Å². The van der Waals surface area contributed by atoms with Crippen LogP contribution < -0.4 is 10.6 Å². The van der Waals surface area contributed by atoms with Gasteiger partial charge < -0.3 is 10.6 Å². The molecule has 1 aromatic rings. The Morgan fingerprint density at radius 2 is 2.38 bits per heavy atom. The van der Waals surface area contributed by atoms with E-state index in [1.807, 2.05) is 13.0 Å². The molecule has 1 saturated heterocycles. The van der Waals surface area contributed by atoms with Gasteiger partial charge in [0.1, 0.15) is 0 Å². The third-order valence-corrected chi connectivity index (χ3v) is 2.49. The molecule has 1 atom stereocenters. The number of nitrogens with one attached hydrogen (secondary N) is 2. The van der Waals surface area contributed by atoms with Crippen molar-refractivity contribution in [2.24, 2.45) is 5.92 Å². The zero-order valence-corrected chi connectivity index (χ0v) is 8.99. The monoisotopic (exact) mass is 219 g/mol. The Labute approximate surface area is 93.3 Å². The van der Waals surface area contributed by atoms with Crippen molar-refractivity contribution in [1.82, 2.24) is 10.3 Å². The summed E-state index contributed by atoms with van der Waals surface area (Å²) in [4.78, 5) is 26.7. The van der Waals surface area contributed by atoms with Crippen molar-refractivity contribution in [1.29, 1.82) is 0 Å². The van der Waals surface area contributed by atoms with Gasteiger partial charge in [-0.25, -0.2) is 0 Å². The summed E-state index contributed by atoms with van der Waals surface area (Å²) in [6, 6.07) is 1.84. The van der Waals surface area contributed by atoms with Crippen LogP contribution in [0.25, 0.3) is 0 Å². The molecule has 0 aromatic carbocycles. The minimum atomic E-state index is -0.270. The Balaban J connectivity index is 1.99. The molecule has 1 aliphatic heterocycles. The minimum Gasteiger partial charge on any atom is -0.355 e. The van der Waals surface area contributed by atoms with Crippen LogP contribution in [0, 0.1) is 12.8 Å². The van der Waals surface area contributed by atoms with Crippen LogP contribution in [-0.2, 0) is 9.59 Å². The summed E-state index contributed by atoms with van der Waals surface area (Å²) >= 11 is 0. The summed E-state index contributed by atoms with van der Waals surface area (Å²) in [6.45, 7) is 2.33. The third kappa shape index (κ3) is 2.36. The van der Waals surface area contributed by atoms with Gasteiger partial charge in [0.25, 0.3) is 0 Å². The second-order valence-corrected chi connectivity index (χ2v) is 3.95. The highest BCUT2D eigenvalue weighted by molar-refractivity contribution is 5.97. The standard InChI is InChI=1S/C11H13N3O2/c1-7-2-9(6-12-4-7)14-11(16)8-3-10(15)13-5-8/h2,4,6,8H,3,5H2,1H3,(H,13,15)(H,14,16). The van der Waals surface area contributed by atoms with Crippen molar-refractivity contribution in [2.45, 2.75) is 13.3 Å². The highest BCUT2D eigenvalue weighted by Crippen LogP contribution is 2.13. The van der Waals surface area contributed by atoms with E-state index in [1.165, 1.54) is 0 Å². The molecule has 1 aromatic heterocycles. The molecule has 0 spiro atoms. The van der Waals surface area contributed by atoms with E-state index < -0.39 is 0 Å². The average Bonchev–Trinajstić information content (AvgIpc) is 2.65. The second kappa shape index (κ2) is 4.30. The number of nitrogens with zero attached hydrogens (tertiary/aromatic N) is 1. The van der Waals surface area contributed by atoms with E-state index in [4.69, 9.17) is 0 Å². The molecule has 0 radical (unpaired) electrons. The van der Waals surface area contributed by atoms with Gasteiger partial charge in [-0.2, -0.15) is 0 Å². The smallest absolute Gasteiger partial charge is 0.229 e. The number of aryl methyl sites for hydroxylation is 1. The van der Waals surface area contributed by atoms with Gasteiger partial charge in [0.05, 0.1) is 17.8 Å². The first-order chi connectivity index (χ1) is 7.65. The molecule has 16 heavy (non-hydrogen) atoms. The van der Waals surface area contributed by atoms with Gasteiger partial charge in [0.2, 0.25) is 11.8 Å². The van der Waals surface area contributed by atoms with Gasteiger partial charge in [-0.3, -0.25) is 14.6 Å². The number of carbonyl (C=O) groups excluding carboxylic acids is 2. The Hall–Kier alpha value is -1.91. The van der Waals surface area contributed by atoms with Crippen molar-refractivity contribution >= 4 is 17.5 Å². The number of hydrogen-bond donors (Lipinski definition) is 2. The van der Waals surface area contributed by atoms with Crippen LogP contribution in [0.1, 0.15) is 12.0 Å². The third-order valence-electron chi connectivity index (χ3n) is 2.49. The summed E-state index contributed by atoms with van der Waals surface area (Å²) in [5, 5.41) is 5.38. The molecule has 2 N–H and O–H groups in total. The molecule has 1 fully saturated rings. The van der Waals surface area contributed by atoms with Gasteiger partial charge in [-0.1, -0.05) is 0 Å². The molecule has 5 heteroatoms. The van der Waals surface area contributed by atoms with Crippen LogP contribution in [0.4, 0.5) is 5.69 Å². The number of amides is 2. The zero-order valence-electron chi connectivity index (χ0n) is 8.99. The van der Waals surface area contributed by atoms with Crippen molar-refractivity contribution in [3.05, 3.63) is 24.0 Å². The molecule has 2 heterocycles. The summed E-state index contributed by atoms with van der Waals surface area (Å²) in [7, 11) is 0. The summed E-state index contributed by atoms with van der Waals surface area (Å²) in [5.74, 6) is -0.471. The van der Waals surface area contributed by atoms with Crippen LogP contribution >= 0.6 is 0 Å². The summed E-state index contributed by atoms with van der Waals surface area (Å²) in [6.07, 6.45) is 3.58. The fourth-order valence-electron chi connectivity index (χ4n) is 1.66. The van der Waals surface area contributed by atoms with E-state index in [2.05, 4.69) is 15.6 Å². The van der Waals surface area contributed by atoms with Crippen molar-refractivity contribution in [3.8, 4) is 0 Å². The Morgan fingerprint density at radius 1 is 1.56 bits per heavy atom. The fourth-order valence-corrected chi connectivity index (χ4v) is 1.66.